The summed E-state index contributed by atoms with van der Waals surface area (Å²) in [4.78, 5) is 51.7. The van der Waals surface area contributed by atoms with E-state index in [-0.39, 0.29) is 18.6 Å². The summed E-state index contributed by atoms with van der Waals surface area (Å²) in [7, 11) is 0. The van der Waals surface area contributed by atoms with Crippen molar-refractivity contribution < 1.29 is 33.4 Å². The predicted molar refractivity (Wildman–Crippen MR) is 247 cm³/mol. The molecule has 1 aliphatic heterocycles. The van der Waals surface area contributed by atoms with Crippen LogP contribution in [-0.4, -0.2) is 63.5 Å². The molecule has 11 nitrogen and oxygen atoms in total. The lowest BCUT2D eigenvalue weighted by atomic mass is 10.0. The van der Waals surface area contributed by atoms with Gasteiger partial charge >= 0.3 is 11.9 Å². The predicted octanol–water partition coefficient (Wildman–Crippen LogP) is 11.4. The summed E-state index contributed by atoms with van der Waals surface area (Å²) in [6, 6.07) is 23.3. The number of nitrogens with zero attached hydrogens (tertiary/aromatic N) is 2. The Morgan fingerprint density at radius 3 is 1.98 bits per heavy atom. The minimum Gasteiger partial charge on any atom is -0.482 e. The lowest BCUT2D eigenvalue weighted by Crippen LogP contribution is -2.32. The highest BCUT2D eigenvalue weighted by atomic mass is 16.7. The molecular formula is C51H66N4O7. The van der Waals surface area contributed by atoms with Crippen molar-refractivity contribution in [2.45, 2.75) is 149 Å². The van der Waals surface area contributed by atoms with Crippen LogP contribution < -0.4 is 10.1 Å². The van der Waals surface area contributed by atoms with Gasteiger partial charge in [0.2, 0.25) is 12.0 Å². The molecular weight excluding hydrogens is 781 g/mol. The van der Waals surface area contributed by atoms with Crippen molar-refractivity contribution in [1.29, 1.82) is 0 Å². The van der Waals surface area contributed by atoms with E-state index < -0.39 is 29.2 Å². The van der Waals surface area contributed by atoms with Gasteiger partial charge in [0.1, 0.15) is 22.8 Å². The molecule has 1 amide bonds. The Hall–Kier alpha value is -5.71. The number of carbonyl (C=O) groups is 3. The summed E-state index contributed by atoms with van der Waals surface area (Å²) in [6.07, 6.45) is 15.5. The van der Waals surface area contributed by atoms with E-state index in [2.05, 4.69) is 29.3 Å². The van der Waals surface area contributed by atoms with Gasteiger partial charge < -0.3 is 29.3 Å². The number of ether oxygens (including phenoxy) is 3. The Morgan fingerprint density at radius 2 is 1.35 bits per heavy atom. The van der Waals surface area contributed by atoms with Gasteiger partial charge in [-0.1, -0.05) is 118 Å². The van der Waals surface area contributed by atoms with Crippen molar-refractivity contribution in [2.75, 3.05) is 6.61 Å². The lowest BCUT2D eigenvalue weighted by molar-refractivity contribution is -0.167. The molecule has 62 heavy (non-hydrogen) atoms. The molecule has 3 aromatic carbocycles. The summed E-state index contributed by atoms with van der Waals surface area (Å²) >= 11 is 0. The van der Waals surface area contributed by atoms with Crippen LogP contribution in [-0.2, 0) is 28.7 Å². The number of benzene rings is 3. The molecule has 1 aliphatic rings. The molecule has 0 fully saturated rings. The molecule has 2 atom stereocenters. The minimum absolute atomic E-state index is 0.0991. The van der Waals surface area contributed by atoms with E-state index in [4.69, 9.17) is 24.0 Å². The number of imidazole rings is 1. The second-order valence-corrected chi connectivity index (χ2v) is 18.1. The smallest absolute Gasteiger partial charge is 0.351 e. The molecule has 0 bridgehead atoms. The van der Waals surface area contributed by atoms with E-state index in [1.54, 1.807) is 18.2 Å². The molecule has 4 aromatic rings. The van der Waals surface area contributed by atoms with E-state index in [0.717, 1.165) is 52.0 Å². The van der Waals surface area contributed by atoms with Gasteiger partial charge in [0, 0.05) is 35.2 Å². The summed E-state index contributed by atoms with van der Waals surface area (Å²) in [5.74, 6) is 0.196. The Morgan fingerprint density at radius 1 is 0.774 bits per heavy atom. The van der Waals surface area contributed by atoms with E-state index in [1.165, 1.54) is 51.4 Å². The number of hydrogen-bond acceptors (Lipinski definition) is 9. The van der Waals surface area contributed by atoms with Crippen LogP contribution >= 0.6 is 0 Å². The number of hydrogen-bond donors (Lipinski definition) is 2. The summed E-state index contributed by atoms with van der Waals surface area (Å²) in [6.45, 7) is 15.0. The number of amides is 1. The number of carbonyl (C=O) groups excluding carboxylic acids is 3. The first-order valence-corrected chi connectivity index (χ1v) is 22.3. The summed E-state index contributed by atoms with van der Waals surface area (Å²) in [5, 5.41) is 7.30. The Bertz CT molecular complexity index is 2120. The fraction of sp³-hybridized carbons (Fsp3) is 0.471. The molecule has 0 radical (unpaired) electrons. The molecule has 0 aliphatic carbocycles. The highest BCUT2D eigenvalue weighted by Gasteiger charge is 2.33. The number of esters is 2. The number of nitrogens with one attached hydrogen (secondary N) is 2. The molecule has 11 heteroatoms. The van der Waals surface area contributed by atoms with Crippen LogP contribution in [0.4, 0.5) is 0 Å². The van der Waals surface area contributed by atoms with Crippen LogP contribution in [0, 0.1) is 0 Å². The normalized spacial score (nSPS) is 14.6. The van der Waals surface area contributed by atoms with Crippen molar-refractivity contribution >= 4 is 29.6 Å². The van der Waals surface area contributed by atoms with Crippen LogP contribution in [0.25, 0.3) is 40.0 Å². The highest BCUT2D eigenvalue weighted by molar-refractivity contribution is 6.03. The average molecular weight is 847 g/mol. The maximum atomic E-state index is 12.8. The first-order chi connectivity index (χ1) is 29.6. The lowest BCUT2D eigenvalue weighted by Gasteiger charge is -2.20. The number of aromatic nitrogens is 2. The highest BCUT2D eigenvalue weighted by Crippen LogP contribution is 2.35. The van der Waals surface area contributed by atoms with Crippen LogP contribution in [0.1, 0.15) is 137 Å². The maximum absolute atomic E-state index is 12.8. The zero-order chi connectivity index (χ0) is 44.7. The number of rotatable bonds is 21. The molecule has 2 unspecified atom stereocenters. The van der Waals surface area contributed by atoms with Gasteiger partial charge in [-0.3, -0.25) is 4.79 Å². The summed E-state index contributed by atoms with van der Waals surface area (Å²) in [5.41, 5.74) is 5.29. The third-order valence-corrected chi connectivity index (χ3v) is 10.2. The second-order valence-electron chi connectivity index (χ2n) is 18.1. The van der Waals surface area contributed by atoms with Crippen LogP contribution in [0.2, 0.25) is 0 Å². The monoisotopic (exact) mass is 846 g/mol. The zero-order valence-electron chi connectivity index (χ0n) is 38.0. The van der Waals surface area contributed by atoms with Crippen molar-refractivity contribution in [3.8, 4) is 39.7 Å². The third kappa shape index (κ3) is 15.3. The number of H-pyrrole nitrogens is 1. The standard InChI is InChI=1S/C51H66N4O7/c1-9-10-11-12-13-14-15-16-17-18-35(2)52-44(56)32-21-36-19-22-38(23-20-36)46-47(39-28-30-41(31-29-39)59-34-45(57)60-50(3,4)5)54-48(53-46)40-26-24-37(25-27-40)42-33-43(62-55-42)49(58)61-51(6,7)8/h19-32,35,43H,9-18,33-34H2,1-8H3,(H,52,56)(H,53,54). The van der Waals surface area contributed by atoms with Gasteiger partial charge in [0.25, 0.3) is 0 Å². The van der Waals surface area contributed by atoms with E-state index >= 15 is 0 Å². The third-order valence-electron chi connectivity index (χ3n) is 10.2. The first kappa shape index (κ1) is 47.3. The minimum atomic E-state index is -0.782. The van der Waals surface area contributed by atoms with Crippen molar-refractivity contribution in [3.63, 3.8) is 0 Å². The van der Waals surface area contributed by atoms with Crippen molar-refractivity contribution in [3.05, 3.63) is 90.0 Å². The fourth-order valence-electron chi connectivity index (χ4n) is 7.07. The second kappa shape index (κ2) is 22.4. The molecule has 0 saturated heterocycles. The number of oxime groups is 1. The SMILES string of the molecule is CCCCCCCCCCCC(C)NC(=O)C=Cc1ccc(-c2[nH]c(-c3ccc(C4=NOC(C(=O)OC(C)(C)C)C4)cc3)nc2-c2ccc(OCC(=O)OC(C)(C)C)cc2)cc1. The van der Waals surface area contributed by atoms with Gasteiger partial charge in [0.15, 0.2) is 6.61 Å². The van der Waals surface area contributed by atoms with Crippen LogP contribution in [0.15, 0.2) is 84.0 Å². The van der Waals surface area contributed by atoms with Crippen LogP contribution in [0.5, 0.6) is 5.75 Å². The van der Waals surface area contributed by atoms with Gasteiger partial charge in [-0.05, 0) is 96.4 Å². The molecule has 0 spiro atoms. The zero-order valence-corrected chi connectivity index (χ0v) is 38.0. The van der Waals surface area contributed by atoms with E-state index in [1.807, 2.05) is 108 Å². The largest absolute Gasteiger partial charge is 0.482 e. The fourth-order valence-corrected chi connectivity index (χ4v) is 7.07. The number of unbranched alkanes of at least 4 members (excludes halogenated alkanes) is 8. The molecule has 2 N–H and O–H groups in total. The van der Waals surface area contributed by atoms with Crippen molar-refractivity contribution in [2.24, 2.45) is 5.16 Å². The Kier molecular flexibility index (Phi) is 17.1. The van der Waals surface area contributed by atoms with E-state index in [0.29, 0.717) is 23.7 Å². The van der Waals surface area contributed by atoms with Gasteiger partial charge in [-0.2, -0.15) is 0 Å². The molecule has 5 rings (SSSR count). The first-order valence-electron chi connectivity index (χ1n) is 22.3. The van der Waals surface area contributed by atoms with E-state index in [9.17, 15) is 14.4 Å². The van der Waals surface area contributed by atoms with Crippen LogP contribution in [0.3, 0.4) is 0 Å². The van der Waals surface area contributed by atoms with Gasteiger partial charge in [-0.25, -0.2) is 14.6 Å². The van der Waals surface area contributed by atoms with Crippen molar-refractivity contribution in [1.82, 2.24) is 15.3 Å². The van der Waals surface area contributed by atoms with Gasteiger partial charge in [-0.15, -0.1) is 0 Å². The molecule has 332 valence electrons. The molecule has 0 saturated carbocycles. The molecule has 1 aromatic heterocycles. The average Bonchev–Trinajstić information content (AvgIpc) is 3.90. The number of aromatic amines is 1. The quantitative estimate of drug-likeness (QED) is 0.0480. The van der Waals surface area contributed by atoms with Gasteiger partial charge in [0.05, 0.1) is 17.1 Å². The summed E-state index contributed by atoms with van der Waals surface area (Å²) < 4.78 is 16.6. The Labute approximate surface area is 368 Å². The maximum Gasteiger partial charge on any atom is 0.351 e. The topological polar surface area (TPSA) is 141 Å². The Balaban J connectivity index is 1.26. The molecule has 2 heterocycles.